The highest BCUT2D eigenvalue weighted by Crippen LogP contribution is 2.29. The average Bonchev–Trinajstić information content (AvgIpc) is 2.77. The number of benzene rings is 4. The highest BCUT2D eigenvalue weighted by atomic mass is 16.5. The molecule has 1 N–H and O–H groups in total. The van der Waals surface area contributed by atoms with Gasteiger partial charge in [-0.1, -0.05) is 84.9 Å². The van der Waals surface area contributed by atoms with Gasteiger partial charge in [-0.15, -0.1) is 0 Å². The number of fused-ring (bicyclic) bond motifs is 1. The molecular weight excluding hydrogens is 364 g/mol. The van der Waals surface area contributed by atoms with Gasteiger partial charge >= 0.3 is 5.97 Å². The van der Waals surface area contributed by atoms with Crippen LogP contribution in [0.15, 0.2) is 97.1 Å². The number of phenols is 1. The van der Waals surface area contributed by atoms with Crippen molar-refractivity contribution in [3.63, 3.8) is 0 Å². The van der Waals surface area contributed by atoms with Crippen LogP contribution in [-0.2, 0) is 4.74 Å². The number of rotatable bonds is 5. The van der Waals surface area contributed by atoms with Crippen molar-refractivity contribution in [2.45, 2.75) is 6.10 Å². The number of esters is 1. The largest absolute Gasteiger partial charge is 0.507 e. The molecule has 0 unspecified atom stereocenters. The summed E-state index contributed by atoms with van der Waals surface area (Å²) in [4.78, 5) is 26.0. The van der Waals surface area contributed by atoms with Crippen LogP contribution in [0.2, 0.25) is 0 Å². The third kappa shape index (κ3) is 3.87. The SMILES string of the molecule is O=C(O[C@@H](C(=O)c1ccccc1)c1ccccc1)c1cc2ccccc2cc1O. The summed E-state index contributed by atoms with van der Waals surface area (Å²) in [6.45, 7) is 0. The molecule has 0 saturated heterocycles. The van der Waals surface area contributed by atoms with E-state index in [4.69, 9.17) is 4.74 Å². The predicted octanol–water partition coefficient (Wildman–Crippen LogP) is 5.33. The summed E-state index contributed by atoms with van der Waals surface area (Å²) in [6.07, 6.45) is -1.11. The number of carbonyl (C=O) groups is 2. The van der Waals surface area contributed by atoms with Crippen molar-refractivity contribution in [3.05, 3.63) is 114 Å². The van der Waals surface area contributed by atoms with Crippen LogP contribution in [0.5, 0.6) is 5.75 Å². The van der Waals surface area contributed by atoms with Gasteiger partial charge in [0.1, 0.15) is 11.3 Å². The molecule has 0 radical (unpaired) electrons. The third-order valence-electron chi connectivity index (χ3n) is 4.71. The van der Waals surface area contributed by atoms with Crippen molar-refractivity contribution in [2.75, 3.05) is 0 Å². The zero-order valence-corrected chi connectivity index (χ0v) is 15.5. The first-order valence-corrected chi connectivity index (χ1v) is 9.20. The van der Waals surface area contributed by atoms with Crippen LogP contribution >= 0.6 is 0 Å². The van der Waals surface area contributed by atoms with E-state index in [2.05, 4.69) is 0 Å². The van der Waals surface area contributed by atoms with Gasteiger partial charge in [-0.25, -0.2) is 4.79 Å². The molecule has 0 aliphatic rings. The fourth-order valence-corrected chi connectivity index (χ4v) is 3.22. The number of ether oxygens (including phenoxy) is 1. The van der Waals surface area contributed by atoms with Crippen LogP contribution in [0.3, 0.4) is 0 Å². The van der Waals surface area contributed by atoms with E-state index in [1.165, 1.54) is 6.07 Å². The van der Waals surface area contributed by atoms with Gasteiger partial charge in [0.05, 0.1) is 0 Å². The zero-order valence-electron chi connectivity index (χ0n) is 15.5. The molecule has 0 spiro atoms. The highest BCUT2D eigenvalue weighted by molar-refractivity contribution is 6.03. The van der Waals surface area contributed by atoms with E-state index in [-0.39, 0.29) is 17.1 Å². The maximum Gasteiger partial charge on any atom is 0.343 e. The minimum Gasteiger partial charge on any atom is -0.507 e. The van der Waals surface area contributed by atoms with Gasteiger partial charge in [-0.3, -0.25) is 4.79 Å². The fourth-order valence-electron chi connectivity index (χ4n) is 3.22. The molecule has 0 bridgehead atoms. The van der Waals surface area contributed by atoms with Crippen LogP contribution in [-0.4, -0.2) is 16.9 Å². The lowest BCUT2D eigenvalue weighted by molar-refractivity contribution is 0.0277. The Kier molecular flexibility index (Phi) is 5.08. The summed E-state index contributed by atoms with van der Waals surface area (Å²) >= 11 is 0. The Balaban J connectivity index is 1.70. The van der Waals surface area contributed by atoms with Crippen molar-refractivity contribution in [3.8, 4) is 5.75 Å². The molecule has 0 aromatic heterocycles. The van der Waals surface area contributed by atoms with Crippen LogP contribution in [0.4, 0.5) is 0 Å². The van der Waals surface area contributed by atoms with E-state index < -0.39 is 12.1 Å². The summed E-state index contributed by atoms with van der Waals surface area (Å²) in [6, 6.07) is 28.0. The van der Waals surface area contributed by atoms with E-state index in [1.807, 2.05) is 36.4 Å². The normalized spacial score (nSPS) is 11.7. The van der Waals surface area contributed by atoms with Crippen LogP contribution in [0.25, 0.3) is 10.8 Å². The number of Topliss-reactive ketones (excluding diaryl/α,β-unsaturated/α-hetero) is 1. The lowest BCUT2D eigenvalue weighted by Crippen LogP contribution is -2.20. The van der Waals surface area contributed by atoms with Crippen molar-refractivity contribution in [1.82, 2.24) is 0 Å². The van der Waals surface area contributed by atoms with Gasteiger partial charge in [0, 0.05) is 11.1 Å². The van der Waals surface area contributed by atoms with Crippen LogP contribution in [0.1, 0.15) is 32.4 Å². The second kappa shape index (κ2) is 7.98. The quantitative estimate of drug-likeness (QED) is 0.374. The number of hydrogen-bond donors (Lipinski definition) is 1. The maximum atomic E-state index is 13.1. The lowest BCUT2D eigenvalue weighted by atomic mass is 9.99. The first-order chi connectivity index (χ1) is 14.1. The molecule has 0 aliphatic heterocycles. The Bertz CT molecular complexity index is 1170. The first-order valence-electron chi connectivity index (χ1n) is 9.20. The summed E-state index contributed by atoms with van der Waals surface area (Å²) in [7, 11) is 0. The van der Waals surface area contributed by atoms with Crippen LogP contribution < -0.4 is 0 Å². The monoisotopic (exact) mass is 382 g/mol. The molecule has 142 valence electrons. The molecule has 4 rings (SSSR count). The Labute approximate surface area is 168 Å². The summed E-state index contributed by atoms with van der Waals surface area (Å²) in [5.74, 6) is -1.27. The van der Waals surface area contributed by atoms with Gasteiger partial charge < -0.3 is 9.84 Å². The zero-order chi connectivity index (χ0) is 20.2. The maximum absolute atomic E-state index is 13.1. The standard InChI is InChI=1S/C25H18O4/c26-22-16-20-14-8-7-13-19(20)15-21(22)25(28)29-24(18-11-5-2-6-12-18)23(27)17-9-3-1-4-10-17/h1-16,24,26H/t24-/m1/s1. The fraction of sp³-hybridized carbons (Fsp3) is 0.0400. The molecular formula is C25H18O4. The van der Waals surface area contributed by atoms with Crippen molar-refractivity contribution >= 4 is 22.5 Å². The van der Waals surface area contributed by atoms with Gasteiger partial charge in [-0.2, -0.15) is 0 Å². The number of hydrogen-bond acceptors (Lipinski definition) is 4. The van der Waals surface area contributed by atoms with E-state index in [9.17, 15) is 14.7 Å². The van der Waals surface area contributed by atoms with E-state index in [1.54, 1.807) is 54.6 Å². The van der Waals surface area contributed by atoms with Crippen LogP contribution in [0, 0.1) is 0 Å². The lowest BCUT2D eigenvalue weighted by Gasteiger charge is -2.18. The molecule has 29 heavy (non-hydrogen) atoms. The smallest absolute Gasteiger partial charge is 0.343 e. The summed E-state index contributed by atoms with van der Waals surface area (Å²) in [5.41, 5.74) is 1.03. The number of phenolic OH excluding ortho intramolecular Hbond substituents is 1. The summed E-state index contributed by atoms with van der Waals surface area (Å²) < 4.78 is 5.62. The van der Waals surface area contributed by atoms with Crippen molar-refractivity contribution in [1.29, 1.82) is 0 Å². The van der Waals surface area contributed by atoms with Gasteiger partial charge in [0.15, 0.2) is 6.10 Å². The molecule has 0 heterocycles. The molecule has 0 aliphatic carbocycles. The number of ketones is 1. The van der Waals surface area contributed by atoms with Gasteiger partial charge in [0.25, 0.3) is 0 Å². The predicted molar refractivity (Wildman–Crippen MR) is 111 cm³/mol. The molecule has 0 fully saturated rings. The molecule has 4 aromatic carbocycles. The Hall–Kier alpha value is -3.92. The summed E-state index contributed by atoms with van der Waals surface area (Å²) in [5, 5.41) is 11.9. The molecule has 4 heteroatoms. The van der Waals surface area contributed by atoms with E-state index in [0.717, 1.165) is 10.8 Å². The molecule has 0 amide bonds. The minimum absolute atomic E-state index is 0.0190. The molecule has 4 aromatic rings. The van der Waals surface area contributed by atoms with E-state index in [0.29, 0.717) is 11.1 Å². The Morgan fingerprint density at radius 3 is 1.93 bits per heavy atom. The molecule has 4 nitrogen and oxygen atoms in total. The van der Waals surface area contributed by atoms with E-state index >= 15 is 0 Å². The third-order valence-corrected chi connectivity index (χ3v) is 4.71. The molecule has 1 atom stereocenters. The average molecular weight is 382 g/mol. The number of carbonyl (C=O) groups excluding carboxylic acids is 2. The van der Waals surface area contributed by atoms with Gasteiger partial charge in [-0.05, 0) is 22.9 Å². The molecule has 0 saturated carbocycles. The second-order valence-electron chi connectivity index (χ2n) is 6.64. The number of aromatic hydroxyl groups is 1. The van der Waals surface area contributed by atoms with Crippen molar-refractivity contribution < 1.29 is 19.4 Å². The Morgan fingerprint density at radius 1 is 0.724 bits per heavy atom. The minimum atomic E-state index is -1.11. The van der Waals surface area contributed by atoms with Gasteiger partial charge in [0.2, 0.25) is 5.78 Å². The highest BCUT2D eigenvalue weighted by Gasteiger charge is 2.27. The van der Waals surface area contributed by atoms with Crippen molar-refractivity contribution in [2.24, 2.45) is 0 Å². The topological polar surface area (TPSA) is 63.6 Å². The second-order valence-corrected chi connectivity index (χ2v) is 6.64. The Morgan fingerprint density at radius 2 is 1.28 bits per heavy atom. The first kappa shape index (κ1) is 18.4.